The van der Waals surface area contributed by atoms with E-state index in [1.165, 1.54) is 0 Å². The van der Waals surface area contributed by atoms with Crippen LogP contribution in [0.4, 0.5) is 5.69 Å². The number of aromatic nitrogens is 2. The molecule has 0 aliphatic carbocycles. The molecular weight excluding hydrogens is 322 g/mol. The molecule has 4 rings (SSSR count). The molecule has 1 aromatic heterocycles. The summed E-state index contributed by atoms with van der Waals surface area (Å²) in [5, 5.41) is 10.0. The summed E-state index contributed by atoms with van der Waals surface area (Å²) < 4.78 is 0. The van der Waals surface area contributed by atoms with Crippen LogP contribution in [-0.2, 0) is 0 Å². The standard InChI is InChI=1S/C21H19N5/c1-15-7-6-10-21(17-8-4-3-5-9-17)26(15)25-16(2)23-19-12-11-18-14-22-24-20(18)13-19/h3-14H,1H2,2H3,(H,22,24)(H,23,25). The number of fused-ring (bicyclic) bond motifs is 1. The Morgan fingerprint density at radius 1 is 1.19 bits per heavy atom. The third-order valence-electron chi connectivity index (χ3n) is 4.14. The molecular formula is C21H19N5. The number of nitrogens with one attached hydrogen (secondary N) is 2. The zero-order valence-electron chi connectivity index (χ0n) is 14.5. The van der Waals surface area contributed by atoms with Crippen molar-refractivity contribution < 1.29 is 0 Å². The Morgan fingerprint density at radius 2 is 2.04 bits per heavy atom. The van der Waals surface area contributed by atoms with E-state index in [1.54, 1.807) is 6.20 Å². The van der Waals surface area contributed by atoms with E-state index in [2.05, 4.69) is 45.4 Å². The van der Waals surface area contributed by atoms with E-state index in [0.29, 0.717) is 0 Å². The first kappa shape index (κ1) is 15.9. The summed E-state index contributed by atoms with van der Waals surface area (Å²) in [4.78, 5) is 4.67. The average molecular weight is 341 g/mol. The Balaban J connectivity index is 1.60. The summed E-state index contributed by atoms with van der Waals surface area (Å²) in [5.74, 6) is 0.766. The van der Waals surface area contributed by atoms with Crippen LogP contribution >= 0.6 is 0 Å². The van der Waals surface area contributed by atoms with Gasteiger partial charge in [0.25, 0.3) is 0 Å². The van der Waals surface area contributed by atoms with Crippen LogP contribution in [-0.4, -0.2) is 21.0 Å². The van der Waals surface area contributed by atoms with Crippen LogP contribution in [0.3, 0.4) is 0 Å². The molecule has 0 atom stereocenters. The van der Waals surface area contributed by atoms with Gasteiger partial charge in [0.2, 0.25) is 0 Å². The highest BCUT2D eigenvalue weighted by Crippen LogP contribution is 2.25. The third-order valence-corrected chi connectivity index (χ3v) is 4.14. The zero-order valence-corrected chi connectivity index (χ0v) is 14.5. The lowest BCUT2D eigenvalue weighted by molar-refractivity contribution is 0.452. The lowest BCUT2D eigenvalue weighted by Crippen LogP contribution is -2.39. The van der Waals surface area contributed by atoms with Crippen LogP contribution in [0, 0.1) is 0 Å². The molecule has 0 radical (unpaired) electrons. The number of aliphatic imine (C=N–C) groups is 1. The summed E-state index contributed by atoms with van der Waals surface area (Å²) in [7, 11) is 0. The number of hydrazine groups is 1. The van der Waals surface area contributed by atoms with E-state index in [9.17, 15) is 0 Å². The summed E-state index contributed by atoms with van der Waals surface area (Å²) in [5.41, 5.74) is 8.15. The predicted octanol–water partition coefficient (Wildman–Crippen LogP) is 4.54. The number of allylic oxidation sites excluding steroid dienone is 3. The van der Waals surface area contributed by atoms with Gasteiger partial charge in [0.15, 0.2) is 0 Å². The normalized spacial score (nSPS) is 14.7. The molecule has 26 heavy (non-hydrogen) atoms. The van der Waals surface area contributed by atoms with E-state index >= 15 is 0 Å². The lowest BCUT2D eigenvalue weighted by Gasteiger charge is -2.31. The van der Waals surface area contributed by atoms with Crippen LogP contribution in [0.15, 0.2) is 90.2 Å². The van der Waals surface area contributed by atoms with Crippen LogP contribution in [0.25, 0.3) is 16.6 Å². The van der Waals surface area contributed by atoms with E-state index in [0.717, 1.165) is 39.4 Å². The minimum absolute atomic E-state index is 0.766. The number of hydrogen-bond acceptors (Lipinski definition) is 3. The summed E-state index contributed by atoms with van der Waals surface area (Å²) in [6.07, 6.45) is 7.82. The second-order valence-corrected chi connectivity index (χ2v) is 6.05. The van der Waals surface area contributed by atoms with Gasteiger partial charge in [0.05, 0.1) is 28.8 Å². The second kappa shape index (κ2) is 6.72. The first-order valence-corrected chi connectivity index (χ1v) is 8.38. The van der Waals surface area contributed by atoms with E-state index in [-0.39, 0.29) is 0 Å². The van der Waals surface area contributed by atoms with Gasteiger partial charge in [-0.3, -0.25) is 15.5 Å². The number of rotatable bonds is 3. The van der Waals surface area contributed by atoms with Gasteiger partial charge in [0, 0.05) is 10.9 Å². The smallest absolute Gasteiger partial charge is 0.118 e. The van der Waals surface area contributed by atoms with Crippen molar-refractivity contribution in [2.24, 2.45) is 4.99 Å². The fourth-order valence-electron chi connectivity index (χ4n) is 2.90. The zero-order chi connectivity index (χ0) is 17.9. The highest BCUT2D eigenvalue weighted by Gasteiger charge is 2.16. The van der Waals surface area contributed by atoms with Gasteiger partial charge in [0.1, 0.15) is 5.84 Å². The number of hydrogen-bond donors (Lipinski definition) is 2. The van der Waals surface area contributed by atoms with Crippen molar-refractivity contribution in [3.8, 4) is 0 Å². The summed E-state index contributed by atoms with van der Waals surface area (Å²) in [6, 6.07) is 16.2. The number of benzene rings is 2. The Kier molecular flexibility index (Phi) is 4.11. The Morgan fingerprint density at radius 3 is 2.88 bits per heavy atom. The fourth-order valence-corrected chi connectivity index (χ4v) is 2.90. The highest BCUT2D eigenvalue weighted by molar-refractivity contribution is 5.86. The van der Waals surface area contributed by atoms with Crippen molar-refractivity contribution in [1.29, 1.82) is 0 Å². The lowest BCUT2D eigenvalue weighted by atomic mass is 10.1. The van der Waals surface area contributed by atoms with Crippen LogP contribution in [0.5, 0.6) is 0 Å². The SMILES string of the molecule is C=C1C=CC=C(c2ccccc2)N1NC(C)=Nc1ccc2cn[nH]c2c1. The molecule has 0 fully saturated rings. The molecule has 1 aliphatic rings. The van der Waals surface area contributed by atoms with Gasteiger partial charge in [-0.1, -0.05) is 43.0 Å². The number of aromatic amines is 1. The van der Waals surface area contributed by atoms with E-state index < -0.39 is 0 Å². The molecule has 0 spiro atoms. The van der Waals surface area contributed by atoms with Crippen molar-refractivity contribution in [2.75, 3.05) is 0 Å². The maximum atomic E-state index is 4.67. The summed E-state index contributed by atoms with van der Waals surface area (Å²) >= 11 is 0. The molecule has 3 aromatic rings. The van der Waals surface area contributed by atoms with E-state index in [4.69, 9.17) is 0 Å². The van der Waals surface area contributed by atoms with Gasteiger partial charge in [-0.25, -0.2) is 4.99 Å². The number of amidine groups is 1. The summed E-state index contributed by atoms with van der Waals surface area (Å²) in [6.45, 7) is 6.07. The van der Waals surface area contributed by atoms with E-state index in [1.807, 2.05) is 60.5 Å². The molecule has 5 heteroatoms. The molecule has 128 valence electrons. The molecule has 2 heterocycles. The van der Waals surface area contributed by atoms with Crippen molar-refractivity contribution in [3.05, 3.63) is 90.8 Å². The van der Waals surface area contributed by atoms with Gasteiger partial charge >= 0.3 is 0 Å². The Labute approximate surface area is 152 Å². The first-order valence-electron chi connectivity index (χ1n) is 8.38. The van der Waals surface area contributed by atoms with Crippen molar-refractivity contribution in [2.45, 2.75) is 6.92 Å². The second-order valence-electron chi connectivity index (χ2n) is 6.05. The molecule has 0 bridgehead atoms. The number of nitrogens with zero attached hydrogens (tertiary/aromatic N) is 3. The van der Waals surface area contributed by atoms with Gasteiger partial charge < -0.3 is 0 Å². The molecule has 2 N–H and O–H groups in total. The molecule has 0 saturated heterocycles. The molecule has 0 unspecified atom stereocenters. The van der Waals surface area contributed by atoms with Crippen molar-refractivity contribution in [1.82, 2.24) is 20.6 Å². The number of H-pyrrole nitrogens is 1. The van der Waals surface area contributed by atoms with Gasteiger partial charge in [-0.2, -0.15) is 5.10 Å². The quantitative estimate of drug-likeness (QED) is 0.543. The molecule has 0 saturated carbocycles. The molecule has 1 aliphatic heterocycles. The topological polar surface area (TPSA) is 56.3 Å². The molecule has 0 amide bonds. The molecule has 2 aromatic carbocycles. The van der Waals surface area contributed by atoms with Gasteiger partial charge in [-0.05, 0) is 37.3 Å². The maximum Gasteiger partial charge on any atom is 0.118 e. The fraction of sp³-hybridized carbons (Fsp3) is 0.0476. The Hall–Kier alpha value is -3.60. The van der Waals surface area contributed by atoms with Gasteiger partial charge in [-0.15, -0.1) is 0 Å². The molecule has 5 nitrogen and oxygen atoms in total. The monoisotopic (exact) mass is 341 g/mol. The minimum Gasteiger partial charge on any atom is -0.281 e. The maximum absolute atomic E-state index is 4.67. The largest absolute Gasteiger partial charge is 0.281 e. The highest BCUT2D eigenvalue weighted by atomic mass is 15.5. The first-order chi connectivity index (χ1) is 12.7. The minimum atomic E-state index is 0.766. The van der Waals surface area contributed by atoms with Crippen molar-refractivity contribution >= 4 is 28.1 Å². The van der Waals surface area contributed by atoms with Crippen LogP contribution < -0.4 is 5.43 Å². The average Bonchev–Trinajstić information content (AvgIpc) is 3.12. The van der Waals surface area contributed by atoms with Crippen LogP contribution in [0.1, 0.15) is 12.5 Å². The Bertz CT molecular complexity index is 1040. The van der Waals surface area contributed by atoms with Crippen molar-refractivity contribution in [3.63, 3.8) is 0 Å². The predicted molar refractivity (Wildman–Crippen MR) is 107 cm³/mol. The van der Waals surface area contributed by atoms with Crippen LogP contribution in [0.2, 0.25) is 0 Å². The third kappa shape index (κ3) is 3.15.